The van der Waals surface area contributed by atoms with E-state index in [0.717, 1.165) is 126 Å². The summed E-state index contributed by atoms with van der Waals surface area (Å²) in [7, 11) is 0. The maximum Gasteiger partial charge on any atom is 0.151 e. The maximum atomic E-state index is 6.19. The summed E-state index contributed by atoms with van der Waals surface area (Å²) in [5, 5.41) is 11.1. The van der Waals surface area contributed by atoms with Gasteiger partial charge in [0, 0.05) is 29.3 Å². The Morgan fingerprint density at radius 2 is 0.490 bits per heavy atom. The first kappa shape index (κ1) is 62.1. The van der Waals surface area contributed by atoms with Gasteiger partial charge in [0.25, 0.3) is 0 Å². The van der Waals surface area contributed by atoms with Gasteiger partial charge < -0.3 is 29.3 Å². The number of benzene rings is 15. The second-order valence-corrected chi connectivity index (χ2v) is 29.8. The van der Waals surface area contributed by atoms with Crippen LogP contribution < -0.4 is 29.3 Å². The lowest BCUT2D eigenvalue weighted by molar-refractivity contribution is 0.477. The van der Waals surface area contributed by atoms with E-state index < -0.39 is 0 Å². The summed E-state index contributed by atoms with van der Waals surface area (Å²) in [6.45, 7) is 0. The molecule has 15 aromatic rings. The number of nitrogens with one attached hydrogen (secondary N) is 1. The van der Waals surface area contributed by atoms with E-state index in [2.05, 4.69) is 273 Å². The predicted octanol–water partition coefficient (Wildman–Crippen LogP) is 26.7. The van der Waals surface area contributed by atoms with E-state index in [-0.39, 0.29) is 0 Å². The summed E-state index contributed by atoms with van der Waals surface area (Å²) in [6.07, 6.45) is 5.99. The second-order valence-electron chi connectivity index (χ2n) is 26.2. The summed E-state index contributed by atoms with van der Waals surface area (Å²) >= 11 is 14.4. The van der Waals surface area contributed by atoms with Gasteiger partial charge >= 0.3 is 0 Å². The third-order valence-electron chi connectivity index (χ3n) is 19.8. The minimum Gasteiger partial charge on any atom is -0.453 e. The van der Waals surface area contributed by atoms with Gasteiger partial charge in [-0.25, -0.2) is 0 Å². The molecular weight excluding hydrogens is 1490 g/mol. The minimum atomic E-state index is 0.879. The standard InChI is InChI=1S/2C30H20BrNO.C18H12Br2.C12H9NO/c2*31-25-11-9-19-13-22-16-24-18-26(12-10-20(24)14-21(22)15-23(19)17-25)32-27-5-1-3-7-29(27)33-30-8-4-2-6-28(30)32;19-17-3-1-11-5-13-8-16-10-18(20)4-2-12(16)6-14(13)7-15(11)9-17;1-3-7-11-9(5-1)13-10-6-2-4-8-12(10)14-11/h1-12,14,16-18H,13,15H2;1-13,15,17-18H,14,16H2;1-5,7,9-10H,6,8H2;1-8,13H. The number of rotatable bonds is 2. The number of para-hydroxylation sites is 12. The van der Waals surface area contributed by atoms with Crippen molar-refractivity contribution >= 4 is 142 Å². The van der Waals surface area contributed by atoms with Crippen molar-refractivity contribution in [1.29, 1.82) is 0 Å². The Labute approximate surface area is 614 Å². The normalized spacial score (nSPS) is 13.2. The lowest BCUT2D eigenvalue weighted by atomic mass is 9.84. The third kappa shape index (κ3) is 12.1. The van der Waals surface area contributed by atoms with Crippen LogP contribution in [0.1, 0.15) is 66.8 Å². The number of nitrogens with zero attached hydrogens (tertiary/aromatic N) is 2. The molecule has 15 aromatic carbocycles. The van der Waals surface area contributed by atoms with Crippen molar-refractivity contribution < 1.29 is 14.2 Å². The van der Waals surface area contributed by atoms with Crippen LogP contribution in [0.25, 0.3) is 32.3 Å². The highest BCUT2D eigenvalue weighted by Gasteiger charge is 2.29. The van der Waals surface area contributed by atoms with Crippen LogP contribution in [0.2, 0.25) is 0 Å². The molecule has 0 amide bonds. The van der Waals surface area contributed by atoms with Gasteiger partial charge in [-0.05, 0) is 283 Å². The van der Waals surface area contributed by atoms with Crippen molar-refractivity contribution in [3.63, 3.8) is 0 Å². The molecule has 0 bridgehead atoms. The zero-order valence-electron chi connectivity index (χ0n) is 54.1. The van der Waals surface area contributed by atoms with Crippen LogP contribution in [0, 0.1) is 0 Å². The van der Waals surface area contributed by atoms with Gasteiger partial charge in [0.05, 0.1) is 34.1 Å². The lowest BCUT2D eigenvalue weighted by Crippen LogP contribution is -2.16. The Balaban J connectivity index is 0.000000101. The van der Waals surface area contributed by atoms with Crippen LogP contribution in [-0.4, -0.2) is 0 Å². The highest BCUT2D eigenvalue weighted by molar-refractivity contribution is 9.11. The Bertz CT molecular complexity index is 5630. The molecule has 0 unspecified atom stereocenters. The van der Waals surface area contributed by atoms with E-state index in [0.29, 0.717) is 0 Å². The van der Waals surface area contributed by atoms with Crippen LogP contribution >= 0.6 is 63.7 Å². The van der Waals surface area contributed by atoms with Crippen molar-refractivity contribution in [3.8, 4) is 34.5 Å². The SMILES string of the molecule is Brc1ccc2c(c1)Cc1cc3ccc(Br)cc3cc1C2.Brc1ccc2c(c1)Cc1cc3ccc(N4c5ccccc5Oc5ccccc54)cc3cc1C2.Brc1ccc2cc3c(cc2c1)Cc1ccc(N2c4ccccc4Oc4ccccc42)cc1C3.c1ccc2c(c1)Nc1ccccc1O2. The van der Waals surface area contributed by atoms with Crippen LogP contribution in [0.15, 0.2) is 309 Å². The Morgan fingerprint density at radius 3 is 0.910 bits per heavy atom. The highest BCUT2D eigenvalue weighted by Crippen LogP contribution is 2.53. The molecule has 6 nitrogen and oxygen atoms in total. The minimum absolute atomic E-state index is 0.879. The Morgan fingerprint density at radius 1 is 0.220 bits per heavy atom. The van der Waals surface area contributed by atoms with Crippen molar-refractivity contribution in [1.82, 2.24) is 0 Å². The fourth-order valence-corrected chi connectivity index (χ4v) is 16.5. The number of hydrogen-bond acceptors (Lipinski definition) is 6. The molecule has 3 heterocycles. The maximum absolute atomic E-state index is 6.19. The van der Waals surface area contributed by atoms with Crippen LogP contribution in [0.5, 0.6) is 34.5 Å². The van der Waals surface area contributed by atoms with Crippen LogP contribution in [0.4, 0.5) is 45.5 Å². The topological polar surface area (TPSA) is 46.2 Å². The summed E-state index contributed by atoms with van der Waals surface area (Å²) in [5.41, 5.74) is 25.8. The molecule has 0 atom stereocenters. The van der Waals surface area contributed by atoms with E-state index in [9.17, 15) is 0 Å². The van der Waals surface area contributed by atoms with Gasteiger partial charge in [-0.3, -0.25) is 0 Å². The van der Waals surface area contributed by atoms with Gasteiger partial charge in [0.15, 0.2) is 34.5 Å². The second kappa shape index (κ2) is 26.1. The molecule has 0 aromatic heterocycles. The van der Waals surface area contributed by atoms with E-state index in [1.807, 2.05) is 97.1 Å². The largest absolute Gasteiger partial charge is 0.453 e. The van der Waals surface area contributed by atoms with E-state index in [1.54, 1.807) is 0 Å². The quantitative estimate of drug-likeness (QED) is 0.186. The molecular formula is C90H61Br4N3O3. The zero-order valence-corrected chi connectivity index (χ0v) is 60.4. The zero-order chi connectivity index (χ0) is 67.0. The van der Waals surface area contributed by atoms with Gasteiger partial charge in [-0.2, -0.15) is 0 Å². The third-order valence-corrected chi connectivity index (χ3v) is 21.8. The molecule has 482 valence electrons. The average molecular weight is 1550 g/mol. The monoisotopic (exact) mass is 1550 g/mol. The van der Waals surface area contributed by atoms with Crippen molar-refractivity contribution in [2.24, 2.45) is 0 Å². The summed E-state index contributed by atoms with van der Waals surface area (Å²) < 4.78 is 22.7. The summed E-state index contributed by atoms with van der Waals surface area (Å²) in [5.74, 6) is 5.29. The molecule has 0 spiro atoms. The van der Waals surface area contributed by atoms with Crippen molar-refractivity contribution in [3.05, 3.63) is 376 Å². The molecule has 21 rings (SSSR count). The molecule has 3 aliphatic carbocycles. The Kier molecular flexibility index (Phi) is 16.2. The number of fused-ring (bicyclic) bond motifs is 15. The van der Waals surface area contributed by atoms with E-state index in [1.165, 1.54) is 109 Å². The van der Waals surface area contributed by atoms with E-state index >= 15 is 0 Å². The van der Waals surface area contributed by atoms with Gasteiger partial charge in [-0.15, -0.1) is 0 Å². The predicted molar refractivity (Wildman–Crippen MR) is 425 cm³/mol. The molecule has 0 saturated carbocycles. The molecule has 0 fully saturated rings. The van der Waals surface area contributed by atoms with Gasteiger partial charge in [0.2, 0.25) is 0 Å². The number of anilines is 8. The number of ether oxygens (including phenoxy) is 3. The number of hydrogen-bond donors (Lipinski definition) is 1. The molecule has 100 heavy (non-hydrogen) atoms. The van der Waals surface area contributed by atoms with Crippen molar-refractivity contribution in [2.75, 3.05) is 15.1 Å². The highest BCUT2D eigenvalue weighted by atomic mass is 79.9. The molecule has 0 radical (unpaired) electrons. The van der Waals surface area contributed by atoms with Gasteiger partial charge in [-0.1, -0.05) is 209 Å². The molecule has 0 saturated heterocycles. The first-order valence-corrected chi connectivity index (χ1v) is 36.8. The molecule has 10 heteroatoms. The smallest absolute Gasteiger partial charge is 0.151 e. The summed E-state index contributed by atoms with van der Waals surface area (Å²) in [4.78, 5) is 4.63. The van der Waals surface area contributed by atoms with Crippen LogP contribution in [0.3, 0.4) is 0 Å². The van der Waals surface area contributed by atoms with Crippen molar-refractivity contribution in [2.45, 2.75) is 38.5 Å². The number of halogens is 4. The average Bonchev–Trinajstić information content (AvgIpc) is 0.757. The first-order chi connectivity index (χ1) is 49.1. The fourth-order valence-electron chi connectivity index (χ4n) is 15.0. The summed E-state index contributed by atoms with van der Waals surface area (Å²) in [6, 6.07) is 103. The molecule has 6 aliphatic rings. The fraction of sp³-hybridized carbons (Fsp3) is 0.0667. The van der Waals surface area contributed by atoms with Gasteiger partial charge in [0.1, 0.15) is 0 Å². The molecule has 3 aliphatic heterocycles. The molecule has 1 N–H and O–H groups in total. The first-order valence-electron chi connectivity index (χ1n) is 33.7. The van der Waals surface area contributed by atoms with E-state index in [4.69, 9.17) is 14.2 Å². The Hall–Kier alpha value is -10.2. The van der Waals surface area contributed by atoms with Crippen LogP contribution in [-0.2, 0) is 38.5 Å². The lowest BCUT2D eigenvalue weighted by Gasteiger charge is -2.33.